The average Bonchev–Trinajstić information content (AvgIpc) is 2.38. The molecule has 0 amide bonds. The van der Waals surface area contributed by atoms with Crippen LogP contribution < -0.4 is 4.72 Å². The van der Waals surface area contributed by atoms with E-state index in [1.165, 1.54) is 24.3 Å². The summed E-state index contributed by atoms with van der Waals surface area (Å²) in [5.41, 5.74) is -0.740. The molecular weight excluding hydrogens is 287 g/mol. The van der Waals surface area contributed by atoms with E-state index >= 15 is 0 Å². The molecule has 2 aromatic carbocycles. The van der Waals surface area contributed by atoms with Crippen molar-refractivity contribution in [3.05, 3.63) is 64.5 Å². The van der Waals surface area contributed by atoms with Gasteiger partial charge in [0.15, 0.2) is 0 Å². The molecule has 0 saturated heterocycles. The van der Waals surface area contributed by atoms with Crippen LogP contribution in [0.3, 0.4) is 0 Å². The molecule has 0 fully saturated rings. The van der Waals surface area contributed by atoms with Crippen molar-refractivity contribution < 1.29 is 17.7 Å². The minimum absolute atomic E-state index is 0.0214. The lowest BCUT2D eigenvalue weighted by atomic mass is 10.3. The Balaban J connectivity index is 2.37. The highest BCUT2D eigenvalue weighted by atomic mass is 32.2. The number of sulfonamides is 1. The lowest BCUT2D eigenvalue weighted by Gasteiger charge is -2.07. The molecule has 0 aliphatic rings. The van der Waals surface area contributed by atoms with Crippen LogP contribution in [-0.2, 0) is 10.0 Å². The number of nitrogens with one attached hydrogen (secondary N) is 1. The molecule has 6 nitrogen and oxygen atoms in total. The third-order valence-electron chi connectivity index (χ3n) is 2.40. The molecule has 1 N–H and O–H groups in total. The van der Waals surface area contributed by atoms with Crippen LogP contribution >= 0.6 is 0 Å². The number of hydrogen-bond donors (Lipinski definition) is 1. The van der Waals surface area contributed by atoms with E-state index < -0.39 is 26.5 Å². The van der Waals surface area contributed by atoms with E-state index in [-0.39, 0.29) is 10.6 Å². The number of halogens is 1. The first kappa shape index (κ1) is 13.9. The maximum Gasteiger partial charge on any atom is 0.274 e. The second kappa shape index (κ2) is 5.25. The van der Waals surface area contributed by atoms with Crippen LogP contribution in [0.25, 0.3) is 0 Å². The Morgan fingerprint density at radius 1 is 1.10 bits per heavy atom. The van der Waals surface area contributed by atoms with Gasteiger partial charge in [-0.25, -0.2) is 12.8 Å². The standard InChI is InChI=1S/C12H9FN2O4S/c13-9-6-10(8-11(7-9)15(16)17)14-20(18,19)12-4-2-1-3-5-12/h1-8,14H. The van der Waals surface area contributed by atoms with E-state index in [9.17, 15) is 22.9 Å². The van der Waals surface area contributed by atoms with Gasteiger partial charge in [-0.05, 0) is 18.2 Å². The maximum absolute atomic E-state index is 13.2. The monoisotopic (exact) mass is 296 g/mol. The smallest absolute Gasteiger partial charge is 0.274 e. The zero-order valence-corrected chi connectivity index (χ0v) is 10.8. The average molecular weight is 296 g/mol. The zero-order valence-electron chi connectivity index (χ0n) is 9.99. The van der Waals surface area contributed by atoms with E-state index in [1.807, 2.05) is 0 Å². The van der Waals surface area contributed by atoms with Crippen LogP contribution in [0.5, 0.6) is 0 Å². The maximum atomic E-state index is 13.2. The van der Waals surface area contributed by atoms with E-state index in [0.29, 0.717) is 6.07 Å². The summed E-state index contributed by atoms with van der Waals surface area (Å²) in [5.74, 6) is -0.898. The normalized spacial score (nSPS) is 11.1. The van der Waals surface area contributed by atoms with Gasteiger partial charge in [0.1, 0.15) is 5.82 Å². The number of benzene rings is 2. The van der Waals surface area contributed by atoms with Gasteiger partial charge in [0.2, 0.25) is 0 Å². The summed E-state index contributed by atoms with van der Waals surface area (Å²) in [6.45, 7) is 0. The highest BCUT2D eigenvalue weighted by molar-refractivity contribution is 7.92. The van der Waals surface area contributed by atoms with Crippen LogP contribution in [0.15, 0.2) is 53.4 Å². The third kappa shape index (κ3) is 3.09. The molecule has 2 rings (SSSR count). The van der Waals surface area contributed by atoms with Gasteiger partial charge in [0.05, 0.1) is 21.6 Å². The number of nitro groups is 1. The quantitative estimate of drug-likeness (QED) is 0.693. The van der Waals surface area contributed by atoms with Crippen LogP contribution in [0.4, 0.5) is 15.8 Å². The summed E-state index contributed by atoms with van der Waals surface area (Å²) in [4.78, 5) is 9.78. The lowest BCUT2D eigenvalue weighted by molar-refractivity contribution is -0.385. The number of non-ortho nitro benzene ring substituents is 1. The highest BCUT2D eigenvalue weighted by Gasteiger charge is 2.16. The van der Waals surface area contributed by atoms with Crippen LogP contribution in [0.1, 0.15) is 0 Å². The second-order valence-electron chi connectivity index (χ2n) is 3.87. The Hall–Kier alpha value is -2.48. The molecule has 0 bridgehead atoms. The fraction of sp³-hybridized carbons (Fsp3) is 0. The fourth-order valence-corrected chi connectivity index (χ4v) is 2.61. The number of nitro benzene ring substituents is 1. The highest BCUT2D eigenvalue weighted by Crippen LogP contribution is 2.22. The Kier molecular flexibility index (Phi) is 3.66. The first-order chi connectivity index (χ1) is 9.38. The molecule has 20 heavy (non-hydrogen) atoms. The van der Waals surface area contributed by atoms with Crippen molar-refractivity contribution >= 4 is 21.4 Å². The molecular formula is C12H9FN2O4S. The van der Waals surface area contributed by atoms with Gasteiger partial charge in [-0.15, -0.1) is 0 Å². The van der Waals surface area contributed by atoms with Gasteiger partial charge in [-0.1, -0.05) is 18.2 Å². The Morgan fingerprint density at radius 2 is 1.75 bits per heavy atom. The number of hydrogen-bond acceptors (Lipinski definition) is 4. The third-order valence-corrected chi connectivity index (χ3v) is 3.80. The number of anilines is 1. The summed E-state index contributed by atoms with van der Waals surface area (Å²) >= 11 is 0. The molecule has 0 heterocycles. The van der Waals surface area contributed by atoms with Gasteiger partial charge in [0.25, 0.3) is 15.7 Å². The van der Waals surface area contributed by atoms with Gasteiger partial charge in [0, 0.05) is 6.07 Å². The summed E-state index contributed by atoms with van der Waals surface area (Å²) < 4.78 is 39.3. The number of rotatable bonds is 4. The van der Waals surface area contributed by atoms with E-state index in [1.54, 1.807) is 6.07 Å². The Labute approximate surface area is 114 Å². The fourth-order valence-electron chi connectivity index (χ4n) is 1.55. The van der Waals surface area contributed by atoms with Crippen LogP contribution in [0, 0.1) is 15.9 Å². The van der Waals surface area contributed by atoms with E-state index in [0.717, 1.165) is 12.1 Å². The molecule has 0 aliphatic carbocycles. The molecule has 0 aromatic heterocycles. The van der Waals surface area contributed by atoms with Gasteiger partial charge in [-0.2, -0.15) is 0 Å². The van der Waals surface area contributed by atoms with Crippen LogP contribution in [-0.4, -0.2) is 13.3 Å². The van der Waals surface area contributed by atoms with Gasteiger partial charge in [-0.3, -0.25) is 14.8 Å². The Morgan fingerprint density at radius 3 is 2.35 bits per heavy atom. The van der Waals surface area contributed by atoms with Crippen molar-refractivity contribution in [1.82, 2.24) is 0 Å². The van der Waals surface area contributed by atoms with E-state index in [2.05, 4.69) is 4.72 Å². The van der Waals surface area contributed by atoms with Crippen molar-refractivity contribution in [1.29, 1.82) is 0 Å². The number of nitrogens with zero attached hydrogens (tertiary/aromatic N) is 1. The Bertz CT molecular complexity index is 747. The van der Waals surface area contributed by atoms with Crippen molar-refractivity contribution in [2.75, 3.05) is 4.72 Å². The van der Waals surface area contributed by atoms with Crippen molar-refractivity contribution in [3.63, 3.8) is 0 Å². The molecule has 104 valence electrons. The van der Waals surface area contributed by atoms with Gasteiger partial charge >= 0.3 is 0 Å². The minimum atomic E-state index is -3.91. The first-order valence-electron chi connectivity index (χ1n) is 5.41. The predicted octanol–water partition coefficient (Wildman–Crippen LogP) is 2.53. The molecule has 0 atom stereocenters. The molecule has 8 heteroatoms. The first-order valence-corrected chi connectivity index (χ1v) is 6.90. The second-order valence-corrected chi connectivity index (χ2v) is 5.56. The SMILES string of the molecule is O=[N+]([O-])c1cc(F)cc(NS(=O)(=O)c2ccccc2)c1. The largest absolute Gasteiger partial charge is 0.279 e. The summed E-state index contributed by atoms with van der Waals surface area (Å²) in [7, 11) is -3.91. The summed E-state index contributed by atoms with van der Waals surface area (Å²) in [6, 6.07) is 9.95. The summed E-state index contributed by atoms with van der Waals surface area (Å²) in [6.07, 6.45) is 0. The molecule has 0 unspecified atom stereocenters. The molecule has 0 saturated carbocycles. The summed E-state index contributed by atoms with van der Waals surface area (Å²) in [5, 5.41) is 10.6. The molecule has 0 spiro atoms. The predicted molar refractivity (Wildman–Crippen MR) is 70.3 cm³/mol. The topological polar surface area (TPSA) is 89.3 Å². The van der Waals surface area contributed by atoms with Gasteiger partial charge < -0.3 is 0 Å². The van der Waals surface area contributed by atoms with Crippen LogP contribution in [0.2, 0.25) is 0 Å². The van der Waals surface area contributed by atoms with Crippen molar-refractivity contribution in [3.8, 4) is 0 Å². The van der Waals surface area contributed by atoms with Crippen molar-refractivity contribution in [2.24, 2.45) is 0 Å². The van der Waals surface area contributed by atoms with Crippen molar-refractivity contribution in [2.45, 2.75) is 4.90 Å². The molecule has 0 aliphatic heterocycles. The minimum Gasteiger partial charge on any atom is -0.279 e. The van der Waals surface area contributed by atoms with E-state index in [4.69, 9.17) is 0 Å². The molecule has 2 aromatic rings. The zero-order chi connectivity index (χ0) is 14.8. The lowest BCUT2D eigenvalue weighted by Crippen LogP contribution is -2.13. The molecule has 0 radical (unpaired) electrons.